The number of halogens is 3. The molecule has 12 nitrogen and oxygen atoms in total. The van der Waals surface area contributed by atoms with E-state index in [9.17, 15) is 0 Å². The molecule has 3 heterocycles. The minimum Gasteiger partial charge on any atom is -1.00 e. The van der Waals surface area contributed by atoms with Crippen LogP contribution in [-0.4, -0.2) is 137 Å². The van der Waals surface area contributed by atoms with E-state index >= 15 is 0 Å². The third kappa shape index (κ3) is 18.4. The van der Waals surface area contributed by atoms with Crippen LogP contribution in [0.2, 0.25) is 0 Å². The summed E-state index contributed by atoms with van der Waals surface area (Å²) in [6, 6.07) is 32.9. The maximum absolute atomic E-state index is 5.28. The summed E-state index contributed by atoms with van der Waals surface area (Å²) in [6.07, 6.45) is 3.00. The smallest absolute Gasteiger partial charge is 0.201 e. The van der Waals surface area contributed by atoms with Crippen LogP contribution < -0.4 is 102 Å². The quantitative estimate of drug-likeness (QED) is 0.0594. The molecule has 3 aliphatic carbocycles. The van der Waals surface area contributed by atoms with Gasteiger partial charge in [-0.3, -0.25) is 0 Å². The normalized spacial score (nSPS) is 11.0. The number of fused-ring (bicyclic) bond motifs is 6. The Labute approximate surface area is 543 Å². The maximum atomic E-state index is 5.28. The van der Waals surface area contributed by atoms with Crippen LogP contribution in [-0.2, 0) is 47.7 Å². The molecule has 0 unspecified atom stereocenters. The summed E-state index contributed by atoms with van der Waals surface area (Å²) in [5.74, 6) is 0. The Morgan fingerprint density at radius 2 is 0.593 bits per heavy atom. The van der Waals surface area contributed by atoms with Crippen LogP contribution in [0, 0.1) is 20.8 Å². The molecule has 0 N–H and O–H groups in total. The van der Waals surface area contributed by atoms with Crippen molar-refractivity contribution in [2.24, 2.45) is 0 Å². The Hall–Kier alpha value is -3.27. The minimum absolute atomic E-state index is 0. The van der Waals surface area contributed by atoms with E-state index in [4.69, 9.17) is 43.4 Å². The molecule has 0 saturated heterocycles. The lowest BCUT2D eigenvalue weighted by atomic mass is 10.1. The molecular formula is C63H81I3N6O6S3. The predicted octanol–water partition coefficient (Wildman–Crippen LogP) is 1.02. The van der Waals surface area contributed by atoms with E-state index in [0.717, 1.165) is 92.2 Å². The van der Waals surface area contributed by atoms with Crippen LogP contribution in [0.4, 0.5) is 0 Å². The third-order valence-corrected chi connectivity index (χ3v) is 17.2. The SMILES string of the molecule is CCc1cccc2sc3cc(=[N+](CCOC)CCOC)cc(C)c-3nc12.CCc1cccc2sc3cc(=[N+](CCOC)CCOC)cc(C)c-3nc12.CCc1cccc2sc3cc(=[N+](CCOC)CCOC)cc(C)c-3nc12.[I-].[I-].[I-]. The van der Waals surface area contributed by atoms with Gasteiger partial charge in [0.25, 0.3) is 0 Å². The zero-order chi connectivity index (χ0) is 55.6. The standard InChI is InChI=1S/3C21H27N2O2S.3HI/c3*1-5-16-7-6-8-18-21(16)22-20-15(2)13-17(14-19(20)26-18)23(9-11-24-3)10-12-25-4;;;/h3*6-8,13-14H,5,9-12H2,1-4H3;3*1H/q3*+1;;;/p-3. The lowest BCUT2D eigenvalue weighted by Gasteiger charge is -2.11. The van der Waals surface area contributed by atoms with Crippen LogP contribution >= 0.6 is 34.0 Å². The molecular weight excluding hydrogens is 1410 g/mol. The van der Waals surface area contributed by atoms with Gasteiger partial charge in [-0.25, -0.2) is 28.7 Å². The highest BCUT2D eigenvalue weighted by atomic mass is 127. The fourth-order valence-electron chi connectivity index (χ4n) is 9.59. The fourth-order valence-corrected chi connectivity index (χ4v) is 13.0. The molecule has 3 aromatic carbocycles. The third-order valence-electron chi connectivity index (χ3n) is 14.0. The van der Waals surface area contributed by atoms with Crippen molar-refractivity contribution in [3.8, 4) is 31.7 Å². The van der Waals surface area contributed by atoms with Crippen molar-refractivity contribution in [2.45, 2.75) is 60.8 Å². The molecule has 438 valence electrons. The number of nitrogens with zero attached hydrogens (tertiary/aromatic N) is 6. The number of ether oxygens (including phenoxy) is 6. The van der Waals surface area contributed by atoms with Gasteiger partial charge in [0, 0.05) is 79.1 Å². The van der Waals surface area contributed by atoms with E-state index in [1.165, 1.54) is 78.2 Å². The second kappa shape index (κ2) is 35.9. The van der Waals surface area contributed by atoms with Gasteiger partial charge >= 0.3 is 0 Å². The summed E-state index contributed by atoms with van der Waals surface area (Å²) >= 11 is 5.47. The summed E-state index contributed by atoms with van der Waals surface area (Å²) < 4.78 is 42.4. The zero-order valence-corrected chi connectivity index (χ0v) is 58.2. The average Bonchev–Trinajstić information content (AvgIpc) is 3.48. The predicted molar refractivity (Wildman–Crippen MR) is 327 cm³/mol. The number of para-hydroxylation sites is 3. The van der Waals surface area contributed by atoms with E-state index in [1.54, 1.807) is 42.7 Å². The summed E-state index contributed by atoms with van der Waals surface area (Å²) in [6.45, 7) is 22.2. The van der Waals surface area contributed by atoms with Gasteiger partial charge in [0.2, 0.25) is 16.1 Å². The van der Waals surface area contributed by atoms with Crippen LogP contribution in [0.5, 0.6) is 0 Å². The van der Waals surface area contributed by atoms with Crippen molar-refractivity contribution < 1.29 is 100 Å². The van der Waals surface area contributed by atoms with E-state index in [0.29, 0.717) is 39.6 Å². The van der Waals surface area contributed by atoms with E-state index in [2.05, 4.69) is 146 Å². The summed E-state index contributed by atoms with van der Waals surface area (Å²) in [5, 5.41) is 3.61. The van der Waals surface area contributed by atoms with Crippen molar-refractivity contribution in [2.75, 3.05) is 122 Å². The van der Waals surface area contributed by atoms with Gasteiger partial charge in [-0.15, -0.1) is 34.0 Å². The largest absolute Gasteiger partial charge is 1.00 e. The number of benzene rings is 6. The highest BCUT2D eigenvalue weighted by molar-refractivity contribution is 7.22. The molecule has 3 aliphatic heterocycles. The number of hydrogen-bond acceptors (Lipinski definition) is 12. The second-order valence-corrected chi connectivity index (χ2v) is 22.5. The number of methoxy groups -OCH3 is 6. The fraction of sp³-hybridized carbons (Fsp3) is 0.429. The lowest BCUT2D eigenvalue weighted by molar-refractivity contribution is -0.00100. The Morgan fingerprint density at radius 3 is 0.802 bits per heavy atom. The molecule has 0 amide bonds. The summed E-state index contributed by atoms with van der Waals surface area (Å²) in [7, 11) is 10.4. The average molecular weight is 1500 g/mol. The Kier molecular flexibility index (Phi) is 31.1. The van der Waals surface area contributed by atoms with Crippen molar-refractivity contribution in [3.63, 3.8) is 0 Å². The van der Waals surface area contributed by atoms with E-state index in [1.807, 2.05) is 34.0 Å². The highest BCUT2D eigenvalue weighted by Gasteiger charge is 2.19. The van der Waals surface area contributed by atoms with Crippen molar-refractivity contribution in [3.05, 3.63) is 140 Å². The molecule has 0 radical (unpaired) electrons. The molecule has 0 aromatic heterocycles. The molecule has 0 spiro atoms. The van der Waals surface area contributed by atoms with Crippen molar-refractivity contribution in [1.82, 2.24) is 28.7 Å². The first-order valence-corrected chi connectivity index (χ1v) is 29.6. The van der Waals surface area contributed by atoms with Crippen molar-refractivity contribution in [1.29, 1.82) is 0 Å². The van der Waals surface area contributed by atoms with E-state index in [-0.39, 0.29) is 71.9 Å². The first-order chi connectivity index (χ1) is 38.0. The summed E-state index contributed by atoms with van der Waals surface area (Å²) in [4.78, 5) is 18.7. The number of rotatable bonds is 21. The number of aryl methyl sites for hydroxylation is 6. The molecule has 9 rings (SSSR count). The monoisotopic (exact) mass is 1490 g/mol. The molecule has 0 bridgehead atoms. The summed E-state index contributed by atoms with van der Waals surface area (Å²) in [5.41, 5.74) is 14.3. The molecule has 0 saturated carbocycles. The van der Waals surface area contributed by atoms with Crippen molar-refractivity contribution >= 4 is 64.7 Å². The van der Waals surface area contributed by atoms with Gasteiger partial charge < -0.3 is 100 Å². The molecule has 0 atom stereocenters. The second-order valence-electron chi connectivity index (χ2n) is 19.2. The molecule has 18 heteroatoms. The number of hydrogen-bond donors (Lipinski definition) is 0. The van der Waals surface area contributed by atoms with Gasteiger partial charge in [-0.2, -0.15) is 0 Å². The van der Waals surface area contributed by atoms with Gasteiger partial charge in [-0.1, -0.05) is 57.2 Å². The zero-order valence-electron chi connectivity index (χ0n) is 49.3. The Bertz CT molecular complexity index is 3150. The van der Waals surface area contributed by atoms with Gasteiger partial charge in [0.05, 0.1) is 62.4 Å². The lowest BCUT2D eigenvalue weighted by Crippen LogP contribution is -3.00. The van der Waals surface area contributed by atoms with Crippen LogP contribution in [0.3, 0.4) is 0 Å². The molecule has 81 heavy (non-hydrogen) atoms. The first-order valence-electron chi connectivity index (χ1n) is 27.2. The van der Waals surface area contributed by atoms with Gasteiger partial charge in [-0.05, 0) is 91.6 Å². The minimum atomic E-state index is 0. The molecule has 6 aliphatic rings. The van der Waals surface area contributed by atoms with E-state index < -0.39 is 0 Å². The first kappa shape index (κ1) is 70.2. The molecule has 0 fully saturated rings. The van der Waals surface area contributed by atoms with Gasteiger partial charge in [0.15, 0.2) is 39.3 Å². The maximum Gasteiger partial charge on any atom is 0.201 e. The van der Waals surface area contributed by atoms with Crippen LogP contribution in [0.15, 0.2) is 91.0 Å². The van der Waals surface area contributed by atoms with Crippen LogP contribution in [0.1, 0.15) is 54.2 Å². The molecule has 3 aromatic rings. The Morgan fingerprint density at radius 1 is 0.358 bits per heavy atom. The highest BCUT2D eigenvalue weighted by Crippen LogP contribution is 2.35. The Balaban J connectivity index is 0.000000257. The number of aromatic nitrogens is 3. The van der Waals surface area contributed by atoms with Gasteiger partial charge in [0.1, 0.15) is 39.6 Å². The van der Waals surface area contributed by atoms with Crippen LogP contribution in [0.25, 0.3) is 62.4 Å². The topological polar surface area (TPSA) is 103 Å².